The van der Waals surface area contributed by atoms with Crippen LogP contribution in [0.5, 0.6) is 0 Å². The predicted molar refractivity (Wildman–Crippen MR) is 105 cm³/mol. The largest absolute Gasteiger partial charge is 0.352 e. The average molecular weight is 383 g/mol. The third-order valence-corrected chi connectivity index (χ3v) is 5.90. The van der Waals surface area contributed by atoms with Gasteiger partial charge in [0.2, 0.25) is 10.0 Å². The normalized spacial score (nSPS) is 16.4. The highest BCUT2D eigenvalue weighted by molar-refractivity contribution is 7.92. The summed E-state index contributed by atoms with van der Waals surface area (Å²) in [4.78, 5) is 17.0. The van der Waals surface area contributed by atoms with E-state index in [-0.39, 0.29) is 11.7 Å². The lowest BCUT2D eigenvalue weighted by Gasteiger charge is -2.32. The molecule has 0 spiro atoms. The van der Waals surface area contributed by atoms with Crippen LogP contribution in [0.2, 0.25) is 0 Å². The maximum absolute atomic E-state index is 12.3. The van der Waals surface area contributed by atoms with Crippen LogP contribution < -0.4 is 10.0 Å². The van der Waals surface area contributed by atoms with Crippen LogP contribution in [0.1, 0.15) is 30.1 Å². The monoisotopic (exact) mass is 382 g/mol. The van der Waals surface area contributed by atoms with Crippen LogP contribution in [0.4, 0.5) is 5.69 Å². The van der Waals surface area contributed by atoms with Crippen LogP contribution >= 0.6 is 0 Å². The Morgan fingerprint density at radius 2 is 1.92 bits per heavy atom. The second-order valence-electron chi connectivity index (χ2n) is 6.76. The van der Waals surface area contributed by atoms with Gasteiger partial charge in [0.15, 0.2) is 0 Å². The van der Waals surface area contributed by atoms with Gasteiger partial charge in [0.1, 0.15) is 0 Å². The minimum Gasteiger partial charge on any atom is -0.352 e. The molecule has 26 heavy (non-hydrogen) atoms. The van der Waals surface area contributed by atoms with Gasteiger partial charge in [-0.05, 0) is 44.6 Å². The maximum Gasteiger partial charge on any atom is 0.251 e. The van der Waals surface area contributed by atoms with Gasteiger partial charge in [0, 0.05) is 44.0 Å². The fourth-order valence-electron chi connectivity index (χ4n) is 2.90. The van der Waals surface area contributed by atoms with E-state index in [1.165, 1.54) is 0 Å². The minimum absolute atomic E-state index is 0.0652. The third-order valence-electron chi connectivity index (χ3n) is 4.40. The highest BCUT2D eigenvalue weighted by Gasteiger charge is 2.14. The molecule has 0 unspecified atom stereocenters. The lowest BCUT2D eigenvalue weighted by atomic mass is 10.2. The first-order valence-electron chi connectivity index (χ1n) is 9.19. The Kier molecular flexibility index (Phi) is 7.86. The van der Waals surface area contributed by atoms with E-state index < -0.39 is 10.0 Å². The highest BCUT2D eigenvalue weighted by Crippen LogP contribution is 2.13. The fraction of sp³-hybridized carbons (Fsp3) is 0.611. The van der Waals surface area contributed by atoms with Crippen molar-refractivity contribution in [3.05, 3.63) is 29.8 Å². The van der Waals surface area contributed by atoms with Crippen LogP contribution in [0.25, 0.3) is 0 Å². The molecular weight excluding hydrogens is 352 g/mol. The van der Waals surface area contributed by atoms with E-state index >= 15 is 0 Å². The van der Waals surface area contributed by atoms with E-state index in [4.69, 9.17) is 0 Å². The molecular formula is C18H30N4O3S. The molecule has 0 saturated carbocycles. The van der Waals surface area contributed by atoms with Crippen molar-refractivity contribution in [2.24, 2.45) is 0 Å². The number of carbonyl (C=O) groups excluding carboxylic acids is 1. The smallest absolute Gasteiger partial charge is 0.251 e. The van der Waals surface area contributed by atoms with Crippen LogP contribution in [-0.4, -0.2) is 76.2 Å². The Morgan fingerprint density at radius 1 is 1.19 bits per heavy atom. The number of hydrogen-bond donors (Lipinski definition) is 2. The van der Waals surface area contributed by atoms with Gasteiger partial charge in [0.25, 0.3) is 5.91 Å². The summed E-state index contributed by atoms with van der Waals surface area (Å²) in [6.45, 7) is 7.72. The van der Waals surface area contributed by atoms with Gasteiger partial charge < -0.3 is 15.1 Å². The number of nitrogens with zero attached hydrogens (tertiary/aromatic N) is 2. The summed E-state index contributed by atoms with van der Waals surface area (Å²) in [5.41, 5.74) is 0.879. The molecule has 1 fully saturated rings. The molecule has 146 valence electrons. The first-order chi connectivity index (χ1) is 12.4. The zero-order chi connectivity index (χ0) is 19.0. The molecule has 0 aromatic heterocycles. The molecule has 0 bridgehead atoms. The molecule has 7 nitrogen and oxygen atoms in total. The molecule has 1 amide bonds. The standard InChI is InChI=1S/C18H30N4O3S/c1-3-14-26(24,25)20-17-7-4-6-16(15-17)18(23)19-8-5-9-22-12-10-21(2)11-13-22/h4,6-7,15,20H,3,5,8-14H2,1-2H3,(H,19,23). The Hall–Kier alpha value is -1.64. The number of benzene rings is 1. The number of hydrogen-bond acceptors (Lipinski definition) is 5. The molecule has 2 N–H and O–H groups in total. The van der Waals surface area contributed by atoms with Crippen LogP contribution in [0.3, 0.4) is 0 Å². The van der Waals surface area contributed by atoms with E-state index in [0.29, 0.717) is 24.2 Å². The molecule has 0 radical (unpaired) electrons. The maximum atomic E-state index is 12.3. The Bertz CT molecular complexity index is 685. The van der Waals surface area contributed by atoms with Crippen molar-refractivity contribution in [2.45, 2.75) is 19.8 Å². The summed E-state index contributed by atoms with van der Waals surface area (Å²) >= 11 is 0. The number of sulfonamides is 1. The van der Waals surface area contributed by atoms with Crippen molar-refractivity contribution in [1.82, 2.24) is 15.1 Å². The summed E-state index contributed by atoms with van der Waals surface area (Å²) < 4.78 is 26.2. The Labute approximate surface area is 156 Å². The van der Waals surface area contributed by atoms with Crippen LogP contribution in [-0.2, 0) is 10.0 Å². The molecule has 0 aliphatic carbocycles. The molecule has 1 aromatic carbocycles. The second kappa shape index (κ2) is 9.89. The average Bonchev–Trinajstić information content (AvgIpc) is 2.59. The highest BCUT2D eigenvalue weighted by atomic mass is 32.2. The number of carbonyl (C=O) groups is 1. The molecule has 0 atom stereocenters. The fourth-order valence-corrected chi connectivity index (χ4v) is 4.03. The van der Waals surface area contributed by atoms with Gasteiger partial charge in [-0.1, -0.05) is 13.0 Å². The van der Waals surface area contributed by atoms with E-state index in [1.54, 1.807) is 24.3 Å². The van der Waals surface area contributed by atoms with Crippen molar-refractivity contribution in [1.29, 1.82) is 0 Å². The van der Waals surface area contributed by atoms with E-state index in [1.807, 2.05) is 6.92 Å². The molecule has 2 rings (SSSR count). The quantitative estimate of drug-likeness (QED) is 0.628. The lowest BCUT2D eigenvalue weighted by molar-refractivity contribution is 0.0949. The summed E-state index contributed by atoms with van der Waals surface area (Å²) in [7, 11) is -1.22. The summed E-state index contributed by atoms with van der Waals surface area (Å²) in [6.07, 6.45) is 1.45. The van der Waals surface area contributed by atoms with Crippen LogP contribution in [0.15, 0.2) is 24.3 Å². The van der Waals surface area contributed by atoms with Crippen molar-refractivity contribution >= 4 is 21.6 Å². The van der Waals surface area contributed by atoms with Gasteiger partial charge in [-0.3, -0.25) is 9.52 Å². The van der Waals surface area contributed by atoms with E-state index in [0.717, 1.165) is 39.1 Å². The van der Waals surface area contributed by atoms with Crippen LogP contribution in [0, 0.1) is 0 Å². The van der Waals surface area contributed by atoms with Crippen molar-refractivity contribution in [2.75, 3.05) is 56.8 Å². The Balaban J connectivity index is 1.77. The predicted octanol–water partition coefficient (Wildman–Crippen LogP) is 1.21. The molecule has 1 saturated heterocycles. The lowest BCUT2D eigenvalue weighted by Crippen LogP contribution is -2.45. The second-order valence-corrected chi connectivity index (χ2v) is 8.60. The number of anilines is 1. The number of piperazine rings is 1. The first kappa shape index (κ1) is 20.7. The van der Waals surface area contributed by atoms with Crippen molar-refractivity contribution in [3.8, 4) is 0 Å². The first-order valence-corrected chi connectivity index (χ1v) is 10.8. The molecule has 1 aliphatic heterocycles. The molecule has 8 heteroatoms. The van der Waals surface area contributed by atoms with Gasteiger partial charge >= 0.3 is 0 Å². The van der Waals surface area contributed by atoms with Gasteiger partial charge in [-0.25, -0.2) is 8.42 Å². The molecule has 1 heterocycles. The SMILES string of the molecule is CCCS(=O)(=O)Nc1cccc(C(=O)NCCCN2CCN(C)CC2)c1. The van der Waals surface area contributed by atoms with Gasteiger partial charge in [0.05, 0.1) is 5.75 Å². The Morgan fingerprint density at radius 3 is 2.62 bits per heavy atom. The van der Waals surface area contributed by atoms with E-state index in [2.05, 4.69) is 26.9 Å². The third kappa shape index (κ3) is 6.93. The summed E-state index contributed by atoms with van der Waals surface area (Å²) in [6, 6.07) is 6.59. The van der Waals surface area contributed by atoms with Crippen molar-refractivity contribution < 1.29 is 13.2 Å². The number of amides is 1. The summed E-state index contributed by atoms with van der Waals surface area (Å²) in [5.74, 6) is -0.115. The molecule has 1 aromatic rings. The van der Waals surface area contributed by atoms with Crippen molar-refractivity contribution in [3.63, 3.8) is 0 Å². The minimum atomic E-state index is -3.36. The number of rotatable bonds is 9. The topological polar surface area (TPSA) is 81.7 Å². The number of likely N-dealkylation sites (N-methyl/N-ethyl adjacent to an activating group) is 1. The van der Waals surface area contributed by atoms with Gasteiger partial charge in [-0.15, -0.1) is 0 Å². The number of nitrogens with one attached hydrogen (secondary N) is 2. The van der Waals surface area contributed by atoms with Gasteiger partial charge in [-0.2, -0.15) is 0 Å². The summed E-state index contributed by atoms with van der Waals surface area (Å²) in [5, 5.41) is 2.91. The zero-order valence-corrected chi connectivity index (χ0v) is 16.5. The zero-order valence-electron chi connectivity index (χ0n) is 15.7. The van der Waals surface area contributed by atoms with E-state index in [9.17, 15) is 13.2 Å². The molecule has 1 aliphatic rings.